The van der Waals surface area contributed by atoms with E-state index in [2.05, 4.69) is 24.0 Å². The Balaban J connectivity index is 0.000000546. The fourth-order valence-corrected chi connectivity index (χ4v) is 19.6. The summed E-state index contributed by atoms with van der Waals surface area (Å²) in [7, 11) is -30.8. The first-order valence-electron chi connectivity index (χ1n) is 35.2. The zero-order chi connectivity index (χ0) is 85.4. The summed E-state index contributed by atoms with van der Waals surface area (Å²) in [5, 5.41) is 23.3. The largest absolute Gasteiger partial charge is 0.480 e. The minimum Gasteiger partial charge on any atom is -0.480 e. The molecule has 0 aliphatic heterocycles. The summed E-state index contributed by atoms with van der Waals surface area (Å²) < 4.78 is 211. The molecule has 0 fully saturated rings. The van der Waals surface area contributed by atoms with Gasteiger partial charge < -0.3 is 31.2 Å². The van der Waals surface area contributed by atoms with Gasteiger partial charge in [0.1, 0.15) is 39.8 Å². The maximum atomic E-state index is 12.7. The predicted molar refractivity (Wildman–Crippen MR) is 437 cm³/mol. The van der Waals surface area contributed by atoms with Gasteiger partial charge in [-0.25, -0.2) is 91.4 Å². The van der Waals surface area contributed by atoms with E-state index in [1.165, 1.54) is 0 Å². The van der Waals surface area contributed by atoms with Crippen molar-refractivity contribution in [3.8, 4) is 0 Å². The van der Waals surface area contributed by atoms with Gasteiger partial charge in [-0.3, -0.25) is 33.5 Å². The molecule has 0 aliphatic carbocycles. The van der Waals surface area contributed by atoms with Gasteiger partial charge in [-0.2, -0.15) is 0 Å². The van der Waals surface area contributed by atoms with E-state index in [1.807, 2.05) is 10.8 Å². The standard InChI is InChI=1S/C25H34N2O8S2.C22H29N3O6S2.C21H26N2O8S2.C4H11NO4S2.CH4/c1-3-34-24(28)22(18-20-12-7-5-8-13-20)26-36(30,31)16-11-17-37(32,33)27-23(25(29)35-4-2)19-21-14-9-6-10-15-21;23-19(14-17-8-3-1-4-9-17)21(26)16-32(28,29)12-7-13-33(30,31)25-22(27)20(24)15-18-10-5-2-6-11-18;24-20(25)18(14-16-8-3-1-4-9-16)22-32(28,29)12-7-13-33(30,31)23-19(21(26)27)15-17-10-5-2-6-11-17;1-10(6,7)3-2-4-11(5,8)9;/h5-10,12-15,22-23,26-27H,3-4,11,16-19H2,1-2H3;1-6,8-11,19-20H,7,12-16,23-24H2,(H,25,27);1-6,8-11,18-19,22-23H,7,12-15H2,(H,24,25)(H,26,27);2-4H2,1H3,(H2,5,8,9);1H4/t22-,23-;19-,20-;18-,19-;;/m000../s1. The Bertz CT molecular complexity index is 4670. The van der Waals surface area contributed by atoms with Gasteiger partial charge in [-0.05, 0) is 111 Å². The smallest absolute Gasteiger partial charge is 0.324 e. The van der Waals surface area contributed by atoms with E-state index >= 15 is 0 Å². The number of amides is 1. The number of carbonyl (C=O) groups is 6. The maximum absolute atomic E-state index is 12.7. The van der Waals surface area contributed by atoms with Crippen LogP contribution in [0.1, 0.15) is 80.3 Å². The molecular weight excluding hydrogens is 1660 g/mol. The Morgan fingerprint density at radius 2 is 0.609 bits per heavy atom. The lowest BCUT2D eigenvalue weighted by molar-refractivity contribution is -0.145. The van der Waals surface area contributed by atoms with Crippen LogP contribution in [0.5, 0.6) is 0 Å². The summed E-state index contributed by atoms with van der Waals surface area (Å²) in [6, 6.07) is 45.3. The van der Waals surface area contributed by atoms with Gasteiger partial charge in [-0.15, -0.1) is 0 Å². The number of carbonyl (C=O) groups excluding carboxylic acids is 4. The fraction of sp³-hybridized carbons (Fsp3) is 0.425. The minimum atomic E-state index is -4.10. The highest BCUT2D eigenvalue weighted by Gasteiger charge is 2.32. The van der Waals surface area contributed by atoms with E-state index in [9.17, 15) is 106 Å². The lowest BCUT2D eigenvalue weighted by atomic mass is 10.0. The summed E-state index contributed by atoms with van der Waals surface area (Å²) in [4.78, 5) is 71.9. The molecule has 1 amide bonds. The molecule has 0 bridgehead atoms. The minimum absolute atomic E-state index is 0. The van der Waals surface area contributed by atoms with E-state index in [1.54, 1.807) is 190 Å². The second kappa shape index (κ2) is 50.3. The molecule has 42 heteroatoms. The number of carboxylic acid groups (broad SMARTS) is 2. The number of benzene rings is 6. The van der Waals surface area contributed by atoms with Crippen molar-refractivity contribution in [1.82, 2.24) is 23.6 Å². The van der Waals surface area contributed by atoms with Crippen molar-refractivity contribution < 1.29 is 116 Å². The van der Waals surface area contributed by atoms with Crippen LogP contribution in [0.25, 0.3) is 0 Å². The molecule has 0 aliphatic rings. The third-order valence-corrected chi connectivity index (χ3v) is 26.3. The van der Waals surface area contributed by atoms with Crippen LogP contribution < -0.4 is 40.2 Å². The van der Waals surface area contributed by atoms with E-state index in [-0.39, 0.29) is 96.4 Å². The van der Waals surface area contributed by atoms with Gasteiger partial charge in [0.25, 0.3) is 5.91 Å². The van der Waals surface area contributed by atoms with Crippen LogP contribution in [0.3, 0.4) is 0 Å². The summed E-state index contributed by atoms with van der Waals surface area (Å²) in [5.74, 6) is -10.3. The van der Waals surface area contributed by atoms with Gasteiger partial charge in [-0.1, -0.05) is 189 Å². The SMILES string of the molecule is C.CCOC(=O)[C@H](Cc1ccccc1)NS(=O)(=O)CCCS(=O)(=O)N[C@@H](Cc1ccccc1)C(=O)OCC.CS(=O)(=O)CCCS(N)(=O)=O.N[C@@H](Cc1ccccc1)C(=O)CS(=O)(=O)CCCS(=O)(=O)NC(=O)[C@@H](N)Cc1ccccc1.O=C(O)[C@H](Cc1ccccc1)NS(=O)(=O)CCCS(=O)(=O)N[C@@H](Cc1ccccc1)C(=O)O. The Morgan fingerprint density at radius 3 is 0.887 bits per heavy atom. The molecule has 640 valence electrons. The van der Waals surface area contributed by atoms with Crippen molar-refractivity contribution >= 4 is 115 Å². The van der Waals surface area contributed by atoms with Crippen molar-refractivity contribution in [2.45, 2.75) is 122 Å². The summed E-state index contributed by atoms with van der Waals surface area (Å²) in [6.07, 6.45) is 0.615. The van der Waals surface area contributed by atoms with Gasteiger partial charge in [0.2, 0.25) is 60.1 Å². The van der Waals surface area contributed by atoms with Crippen LogP contribution in [-0.2, 0) is 157 Å². The number of rotatable bonds is 47. The van der Waals surface area contributed by atoms with Gasteiger partial charge >= 0.3 is 23.9 Å². The molecule has 0 heterocycles. The Morgan fingerprint density at radius 1 is 0.357 bits per heavy atom. The zero-order valence-electron chi connectivity index (χ0n) is 62.8. The predicted octanol–water partition coefficient (Wildman–Crippen LogP) is 1.46. The van der Waals surface area contributed by atoms with Crippen molar-refractivity contribution in [2.75, 3.05) is 71.2 Å². The third kappa shape index (κ3) is 46.9. The fourth-order valence-electron chi connectivity index (χ4n) is 10.2. The van der Waals surface area contributed by atoms with Crippen LogP contribution in [0.4, 0.5) is 0 Å². The number of esters is 2. The first-order chi connectivity index (χ1) is 53.2. The Kier molecular flexibility index (Phi) is 45.0. The van der Waals surface area contributed by atoms with Gasteiger partial charge in [0.15, 0.2) is 15.6 Å². The summed E-state index contributed by atoms with van der Waals surface area (Å²) in [5.41, 5.74) is 15.9. The topological polar surface area (TPSA) is 573 Å². The number of carboxylic acids is 2. The second-order valence-electron chi connectivity index (χ2n) is 25.7. The molecule has 6 rings (SSSR count). The van der Waals surface area contributed by atoms with Gasteiger partial charge in [0, 0.05) is 6.26 Å². The molecule has 0 saturated carbocycles. The Labute approximate surface area is 675 Å². The quantitative estimate of drug-likeness (QED) is 0.0242. The second-order valence-corrected chi connectivity index (χ2v) is 41.3. The lowest BCUT2D eigenvalue weighted by Gasteiger charge is -2.19. The number of nitrogens with one attached hydrogen (secondary N) is 5. The molecule has 6 aromatic carbocycles. The van der Waals surface area contributed by atoms with Crippen molar-refractivity contribution in [1.29, 1.82) is 0 Å². The monoisotopic (exact) mass is 1760 g/mol. The molecule has 6 atom stereocenters. The molecule has 34 nitrogen and oxygen atoms in total. The molecule has 0 radical (unpaired) electrons. The van der Waals surface area contributed by atoms with Crippen molar-refractivity contribution in [2.24, 2.45) is 16.6 Å². The van der Waals surface area contributed by atoms with E-state index in [0.29, 0.717) is 11.1 Å². The van der Waals surface area contributed by atoms with Crippen molar-refractivity contribution in [3.63, 3.8) is 0 Å². The summed E-state index contributed by atoms with van der Waals surface area (Å²) >= 11 is 0. The highest BCUT2D eigenvalue weighted by molar-refractivity contribution is 7.93. The van der Waals surface area contributed by atoms with Crippen LogP contribution in [-0.4, -0.2) is 221 Å². The van der Waals surface area contributed by atoms with Crippen LogP contribution >= 0.6 is 0 Å². The number of sulfonamides is 6. The summed E-state index contributed by atoms with van der Waals surface area (Å²) in [6.45, 7) is 3.40. The normalized spacial score (nSPS) is 13.5. The van der Waals surface area contributed by atoms with Crippen LogP contribution in [0.15, 0.2) is 182 Å². The Hall–Kier alpha value is -8.34. The highest BCUT2D eigenvalue weighted by Crippen LogP contribution is 2.14. The van der Waals surface area contributed by atoms with Crippen LogP contribution in [0.2, 0.25) is 0 Å². The van der Waals surface area contributed by atoms with Crippen molar-refractivity contribution in [3.05, 3.63) is 215 Å². The average Bonchev–Trinajstić information content (AvgIpc) is 0.860. The van der Waals surface area contributed by atoms with E-state index in [4.69, 9.17) is 20.9 Å². The lowest BCUT2D eigenvalue weighted by Crippen LogP contribution is -2.45. The molecule has 0 spiro atoms. The number of sulfone groups is 2. The van der Waals surface area contributed by atoms with E-state index < -0.39 is 192 Å². The third-order valence-electron chi connectivity index (χ3n) is 15.6. The number of Topliss-reactive ketones (excluding diaryl/α,β-unsaturated/α-hetero) is 1. The first-order valence-corrected chi connectivity index (χ1v) is 49.1. The average molecular weight is 1770 g/mol. The maximum Gasteiger partial charge on any atom is 0.324 e. The number of ketones is 1. The first kappa shape index (κ1) is 103. The van der Waals surface area contributed by atoms with Crippen LogP contribution in [0, 0.1) is 0 Å². The zero-order valence-corrected chi connectivity index (χ0v) is 69.4. The number of hydrogen-bond donors (Lipinski definition) is 10. The molecule has 13 N–H and O–H groups in total. The number of primary sulfonamides is 1. The number of hydrogen-bond acceptors (Lipinski definition) is 26. The number of aliphatic carboxylic acids is 2. The van der Waals surface area contributed by atoms with E-state index in [0.717, 1.165) is 28.5 Å². The molecular formula is C73H104N8O26S8. The molecule has 0 saturated heterocycles. The number of nitrogens with two attached hydrogens (primary N) is 3. The highest BCUT2D eigenvalue weighted by atomic mass is 32.2. The molecule has 0 aromatic heterocycles. The van der Waals surface area contributed by atoms with Gasteiger partial charge in [0.05, 0.1) is 71.3 Å². The molecule has 0 unspecified atom stereocenters. The number of ether oxygens (including phenoxy) is 2. The molecule has 115 heavy (non-hydrogen) atoms. The molecule has 6 aromatic rings.